The van der Waals surface area contributed by atoms with Gasteiger partial charge in [0, 0.05) is 11.1 Å². The van der Waals surface area contributed by atoms with Crippen molar-refractivity contribution in [2.75, 3.05) is 18.1 Å². The van der Waals surface area contributed by atoms with Crippen LogP contribution in [0, 0.1) is 0 Å². The number of sulfone groups is 1. The molecule has 2 atom stereocenters. The first kappa shape index (κ1) is 18.7. The summed E-state index contributed by atoms with van der Waals surface area (Å²) in [5, 5.41) is 5.66. The summed E-state index contributed by atoms with van der Waals surface area (Å²) in [4.78, 5) is 37.9. The largest absolute Gasteiger partial charge is 0.351 e. The molecule has 0 spiro atoms. The lowest BCUT2D eigenvalue weighted by atomic mass is 9.92. The molecule has 0 bridgehead atoms. The van der Waals surface area contributed by atoms with Crippen molar-refractivity contribution in [2.24, 2.45) is 0 Å². The minimum absolute atomic E-state index is 0.0235. The van der Waals surface area contributed by atoms with Gasteiger partial charge in [0.25, 0.3) is 5.91 Å². The fraction of sp³-hybridized carbons (Fsp3) is 0.438. The molecule has 140 valence electrons. The van der Waals surface area contributed by atoms with Crippen molar-refractivity contribution < 1.29 is 22.8 Å². The van der Waals surface area contributed by atoms with Gasteiger partial charge < -0.3 is 10.6 Å². The maximum Gasteiger partial charge on any atom is 0.325 e. The number of imide groups is 1. The summed E-state index contributed by atoms with van der Waals surface area (Å²) in [6.07, 6.45) is 0.330. The second-order valence-electron chi connectivity index (χ2n) is 6.62. The summed E-state index contributed by atoms with van der Waals surface area (Å²) in [6.45, 7) is 1.09. The van der Waals surface area contributed by atoms with Gasteiger partial charge >= 0.3 is 6.03 Å². The zero-order chi connectivity index (χ0) is 19.1. The van der Waals surface area contributed by atoms with Crippen LogP contribution < -0.4 is 10.6 Å². The highest BCUT2D eigenvalue weighted by molar-refractivity contribution is 7.91. The Balaban J connectivity index is 1.69. The van der Waals surface area contributed by atoms with Gasteiger partial charge in [-0.2, -0.15) is 0 Å². The van der Waals surface area contributed by atoms with E-state index in [0.717, 1.165) is 4.90 Å². The van der Waals surface area contributed by atoms with Crippen LogP contribution in [0.1, 0.15) is 18.9 Å². The molecular weight excluding hydrogens is 382 g/mol. The van der Waals surface area contributed by atoms with Crippen LogP contribution in [0.25, 0.3) is 0 Å². The molecule has 1 aromatic carbocycles. The molecule has 0 aromatic heterocycles. The number of carbonyl (C=O) groups excluding carboxylic acids is 3. The molecule has 4 amide bonds. The van der Waals surface area contributed by atoms with Crippen LogP contribution in [0.3, 0.4) is 0 Å². The van der Waals surface area contributed by atoms with E-state index in [4.69, 9.17) is 11.6 Å². The predicted molar refractivity (Wildman–Crippen MR) is 94.3 cm³/mol. The first-order valence-corrected chi connectivity index (χ1v) is 10.2. The number of nitrogens with zero attached hydrogens (tertiary/aromatic N) is 1. The van der Waals surface area contributed by atoms with Gasteiger partial charge in [-0.1, -0.05) is 23.7 Å². The highest BCUT2D eigenvalue weighted by atomic mass is 35.5. The summed E-state index contributed by atoms with van der Waals surface area (Å²) in [6, 6.07) is 5.31. The maximum absolute atomic E-state index is 12.7. The molecule has 2 heterocycles. The van der Waals surface area contributed by atoms with Crippen molar-refractivity contribution in [2.45, 2.75) is 24.9 Å². The van der Waals surface area contributed by atoms with Crippen LogP contribution in [0.2, 0.25) is 5.02 Å². The van der Waals surface area contributed by atoms with Crippen molar-refractivity contribution in [1.82, 2.24) is 15.5 Å². The molecule has 3 rings (SSSR count). The van der Waals surface area contributed by atoms with E-state index in [1.54, 1.807) is 31.2 Å². The van der Waals surface area contributed by atoms with Gasteiger partial charge in [0.05, 0.1) is 11.5 Å². The van der Waals surface area contributed by atoms with Gasteiger partial charge in [-0.15, -0.1) is 0 Å². The molecule has 2 fully saturated rings. The highest BCUT2D eigenvalue weighted by Crippen LogP contribution is 2.29. The molecule has 0 unspecified atom stereocenters. The Hall–Kier alpha value is -2.13. The van der Waals surface area contributed by atoms with Crippen LogP contribution >= 0.6 is 11.6 Å². The van der Waals surface area contributed by atoms with Crippen molar-refractivity contribution in [1.29, 1.82) is 0 Å². The Morgan fingerprint density at radius 2 is 2.00 bits per heavy atom. The Morgan fingerprint density at radius 1 is 1.35 bits per heavy atom. The van der Waals surface area contributed by atoms with E-state index < -0.39 is 45.8 Å². The quantitative estimate of drug-likeness (QED) is 0.712. The Labute approximate surface area is 155 Å². The number of nitrogens with one attached hydrogen (secondary N) is 2. The standard InChI is InChI=1S/C16H18ClN3O5S/c1-16(10-2-4-11(17)5-3-10)14(22)20(15(23)19-16)8-13(21)18-12-6-7-26(24,25)9-12/h2-5,12H,6-9H2,1H3,(H,18,21)(H,19,23)/t12-,16+/m1/s1. The van der Waals surface area contributed by atoms with Crippen molar-refractivity contribution in [3.63, 3.8) is 0 Å². The monoisotopic (exact) mass is 399 g/mol. The summed E-state index contributed by atoms with van der Waals surface area (Å²) in [5.74, 6) is -1.23. The molecule has 2 N–H and O–H groups in total. The zero-order valence-electron chi connectivity index (χ0n) is 14.0. The Kier molecular flexibility index (Phi) is 4.70. The predicted octanol–water partition coefficient (Wildman–Crippen LogP) is 0.410. The van der Waals surface area contributed by atoms with Gasteiger partial charge in [0.2, 0.25) is 5.91 Å². The molecule has 0 radical (unpaired) electrons. The average molecular weight is 400 g/mol. The number of hydrogen-bond donors (Lipinski definition) is 2. The lowest BCUT2D eigenvalue weighted by Gasteiger charge is -2.22. The van der Waals surface area contributed by atoms with Crippen molar-refractivity contribution >= 4 is 39.3 Å². The third kappa shape index (κ3) is 3.54. The van der Waals surface area contributed by atoms with E-state index >= 15 is 0 Å². The molecule has 8 nitrogen and oxygen atoms in total. The molecule has 2 saturated heterocycles. The minimum Gasteiger partial charge on any atom is -0.351 e. The number of halogens is 1. The molecule has 10 heteroatoms. The molecule has 0 saturated carbocycles. The molecule has 2 aliphatic heterocycles. The maximum atomic E-state index is 12.7. The van der Waals surface area contributed by atoms with Crippen LogP contribution in [-0.2, 0) is 25.0 Å². The lowest BCUT2D eigenvalue weighted by Crippen LogP contribution is -2.45. The van der Waals surface area contributed by atoms with Crippen LogP contribution in [0.5, 0.6) is 0 Å². The topological polar surface area (TPSA) is 113 Å². The fourth-order valence-corrected chi connectivity index (χ4v) is 4.94. The minimum atomic E-state index is -3.13. The third-order valence-electron chi connectivity index (χ3n) is 4.60. The van der Waals surface area contributed by atoms with E-state index in [9.17, 15) is 22.8 Å². The van der Waals surface area contributed by atoms with Gasteiger partial charge in [-0.25, -0.2) is 13.2 Å². The second-order valence-corrected chi connectivity index (χ2v) is 9.29. The van der Waals surface area contributed by atoms with E-state index in [-0.39, 0.29) is 11.5 Å². The van der Waals surface area contributed by atoms with E-state index in [2.05, 4.69) is 10.6 Å². The van der Waals surface area contributed by atoms with E-state index in [1.807, 2.05) is 0 Å². The molecule has 26 heavy (non-hydrogen) atoms. The summed E-state index contributed by atoms with van der Waals surface area (Å²) in [7, 11) is -3.13. The highest BCUT2D eigenvalue weighted by Gasteiger charge is 2.49. The lowest BCUT2D eigenvalue weighted by molar-refractivity contribution is -0.135. The normalized spacial score (nSPS) is 27.5. The first-order chi connectivity index (χ1) is 12.1. The van der Waals surface area contributed by atoms with Crippen molar-refractivity contribution in [3.05, 3.63) is 34.9 Å². The number of urea groups is 1. The molecular formula is C16H18ClN3O5S. The second kappa shape index (κ2) is 6.55. The number of hydrogen-bond acceptors (Lipinski definition) is 5. The summed E-state index contributed by atoms with van der Waals surface area (Å²) in [5.41, 5.74) is -0.747. The van der Waals surface area contributed by atoms with Gasteiger partial charge in [-0.05, 0) is 31.0 Å². The molecule has 2 aliphatic rings. The third-order valence-corrected chi connectivity index (χ3v) is 6.62. The summed E-state index contributed by atoms with van der Waals surface area (Å²) < 4.78 is 22.9. The Bertz CT molecular complexity index is 870. The Morgan fingerprint density at radius 3 is 2.58 bits per heavy atom. The molecule has 0 aliphatic carbocycles. The molecule has 1 aromatic rings. The van der Waals surface area contributed by atoms with Crippen molar-refractivity contribution in [3.8, 4) is 0 Å². The van der Waals surface area contributed by atoms with Crippen LogP contribution in [0.15, 0.2) is 24.3 Å². The van der Waals surface area contributed by atoms with E-state index in [0.29, 0.717) is 17.0 Å². The number of rotatable bonds is 4. The average Bonchev–Trinajstić information content (AvgIpc) is 3.00. The van der Waals surface area contributed by atoms with Crippen LogP contribution in [-0.4, -0.2) is 55.3 Å². The number of carbonyl (C=O) groups is 3. The van der Waals surface area contributed by atoms with Gasteiger partial charge in [-0.3, -0.25) is 14.5 Å². The SMILES string of the molecule is C[C@@]1(c2ccc(Cl)cc2)NC(=O)N(CC(=O)N[C@@H]2CCS(=O)(=O)C2)C1=O. The van der Waals surface area contributed by atoms with E-state index in [1.165, 1.54) is 0 Å². The zero-order valence-corrected chi connectivity index (χ0v) is 15.6. The van der Waals surface area contributed by atoms with Gasteiger partial charge in [0.1, 0.15) is 12.1 Å². The van der Waals surface area contributed by atoms with Gasteiger partial charge in [0.15, 0.2) is 9.84 Å². The van der Waals surface area contributed by atoms with Crippen LogP contribution in [0.4, 0.5) is 4.79 Å². The summed E-state index contributed by atoms with van der Waals surface area (Å²) >= 11 is 5.85. The number of benzene rings is 1. The smallest absolute Gasteiger partial charge is 0.325 e. The fourth-order valence-electron chi connectivity index (χ4n) is 3.15. The first-order valence-electron chi connectivity index (χ1n) is 8.01. The number of amides is 4.